The summed E-state index contributed by atoms with van der Waals surface area (Å²) in [5.74, 6) is 1.27. The summed E-state index contributed by atoms with van der Waals surface area (Å²) in [7, 11) is 0. The first kappa shape index (κ1) is 47.9. The molecule has 0 heterocycles. The van der Waals surface area contributed by atoms with Gasteiger partial charge >= 0.3 is 23.1 Å². The van der Waals surface area contributed by atoms with Gasteiger partial charge in [0.1, 0.15) is 0 Å². The van der Waals surface area contributed by atoms with E-state index in [1.54, 1.807) is 0 Å². The van der Waals surface area contributed by atoms with Crippen LogP contribution in [0.1, 0.15) is 157 Å². The maximum absolute atomic E-state index is 11.5. The number of carboxylic acid groups (broad SMARTS) is 2. The summed E-state index contributed by atoms with van der Waals surface area (Å²) in [6.45, 7) is 13.3. The van der Waals surface area contributed by atoms with Crippen LogP contribution in [0.5, 0.6) is 0 Å². The van der Waals surface area contributed by atoms with Gasteiger partial charge in [0.25, 0.3) is 0 Å². The van der Waals surface area contributed by atoms with Gasteiger partial charge < -0.3 is 50.4 Å². The number of aliphatic hydroxyl groups excluding tert-OH is 6. The molecule has 0 aromatic heterocycles. The van der Waals surface area contributed by atoms with Crippen molar-refractivity contribution in [1.29, 1.82) is 0 Å². The molecule has 22 atom stereocenters. The van der Waals surface area contributed by atoms with E-state index in [1.165, 1.54) is 0 Å². The zero-order chi connectivity index (χ0) is 42.3. The average Bonchev–Trinajstić information content (AvgIpc) is 3.70. The summed E-state index contributed by atoms with van der Waals surface area (Å²) < 4.78 is 0. The van der Waals surface area contributed by atoms with E-state index in [4.69, 9.17) is 0 Å². The smallest absolute Gasteiger partial charge is 0.550 e. The molecule has 0 aromatic rings. The second-order valence-corrected chi connectivity index (χ2v) is 22.8. The van der Waals surface area contributed by atoms with Crippen molar-refractivity contribution in [2.75, 3.05) is 0 Å². The maximum Gasteiger partial charge on any atom is 2.00 e. The van der Waals surface area contributed by atoms with Gasteiger partial charge in [-0.1, -0.05) is 41.5 Å². The third kappa shape index (κ3) is 8.13. The summed E-state index contributed by atoms with van der Waals surface area (Å²) in [6, 6.07) is 0. The van der Waals surface area contributed by atoms with Crippen molar-refractivity contribution in [2.24, 2.45) is 92.7 Å². The minimum atomic E-state index is -0.998. The molecule has 10 nitrogen and oxygen atoms in total. The number of carboxylic acids is 2. The fraction of sp³-hybridized carbons (Fsp3) is 0.958. The van der Waals surface area contributed by atoms with E-state index < -0.39 is 24.1 Å². The number of aliphatic hydroxyl groups is 6. The Bertz CT molecular complexity index is 1390. The number of fused-ring (bicyclic) bond motifs is 10. The Morgan fingerprint density at radius 1 is 0.542 bits per heavy atom. The van der Waals surface area contributed by atoms with Gasteiger partial charge in [-0.05, 0) is 208 Å². The first-order valence-electron chi connectivity index (χ1n) is 23.7. The monoisotopic (exact) mass is 839 g/mol. The van der Waals surface area contributed by atoms with Crippen molar-refractivity contribution in [1.82, 2.24) is 0 Å². The molecule has 0 unspecified atom stereocenters. The Morgan fingerprint density at radius 3 is 1.24 bits per heavy atom. The van der Waals surface area contributed by atoms with Crippen molar-refractivity contribution in [3.8, 4) is 0 Å². The SMILES string of the molecule is C[C@H](CCC(=O)[O-])[C@H]1CC[C@H]2[C@@H]3[C@H](O)C[C@@H]4C[C@H](O)CC[C@]4(C)[C@H]3C[C@H](O)[C@]12C.C[C@H](CCC(=O)[O-])[C@H]1CC[C@H]2[C@@H]3[C@H](O)C[C@@H]4C[C@H](O)CC[C@]4(C)[C@H]3C[C@H](O)[C@]12C.[Mg+2]. The molecule has 332 valence electrons. The van der Waals surface area contributed by atoms with Gasteiger partial charge in [-0.15, -0.1) is 0 Å². The van der Waals surface area contributed by atoms with Crippen LogP contribution in [0.25, 0.3) is 0 Å². The van der Waals surface area contributed by atoms with Gasteiger partial charge in [0.2, 0.25) is 0 Å². The molecule has 8 saturated carbocycles. The molecular weight excluding hydrogens is 761 g/mol. The molecule has 0 spiro atoms. The summed E-state index contributed by atoms with van der Waals surface area (Å²) in [5, 5.41) is 87.7. The summed E-state index contributed by atoms with van der Waals surface area (Å²) in [4.78, 5) is 21.9. The van der Waals surface area contributed by atoms with Crippen LogP contribution in [0.4, 0.5) is 0 Å². The van der Waals surface area contributed by atoms with E-state index in [0.29, 0.717) is 36.5 Å². The van der Waals surface area contributed by atoms with Gasteiger partial charge in [0, 0.05) is 11.9 Å². The average molecular weight is 839 g/mol. The number of hydrogen-bond donors (Lipinski definition) is 6. The standard InChI is InChI=1S/2C24H40O5.Mg/c2*1-13(4-7-21(28)29)16-5-6-17-22-18(12-20(27)24(16,17)3)23(2)9-8-15(25)10-14(23)11-19(22)26;/h2*13-20,22,25-27H,4-12H2,1-3H3,(H,28,29);/q;;+2/p-2/t2*13-,14+,15-,16-,17+,18+,19-,20+,22+,23+,24-;/m11./s1. The van der Waals surface area contributed by atoms with E-state index in [9.17, 15) is 50.4 Å². The first-order chi connectivity index (χ1) is 27.2. The second-order valence-electron chi connectivity index (χ2n) is 22.8. The molecule has 11 heteroatoms. The van der Waals surface area contributed by atoms with Crippen LogP contribution in [0.2, 0.25) is 0 Å². The normalized spacial score (nSPS) is 52.0. The summed E-state index contributed by atoms with van der Waals surface area (Å²) >= 11 is 0. The van der Waals surface area contributed by atoms with Crippen LogP contribution in [-0.2, 0) is 9.59 Å². The summed E-state index contributed by atoms with van der Waals surface area (Å²) in [6.07, 6.45) is 11.4. The molecule has 0 radical (unpaired) electrons. The molecule has 0 saturated heterocycles. The van der Waals surface area contributed by atoms with E-state index >= 15 is 0 Å². The fourth-order valence-electron chi connectivity index (χ4n) is 17.4. The van der Waals surface area contributed by atoms with Gasteiger partial charge in [-0.3, -0.25) is 0 Å². The molecule has 8 aliphatic carbocycles. The van der Waals surface area contributed by atoms with Gasteiger partial charge in [0.05, 0.1) is 36.6 Å². The van der Waals surface area contributed by atoms with E-state index in [-0.39, 0.29) is 129 Å². The predicted octanol–water partition coefficient (Wildman–Crippen LogP) is 3.85. The zero-order valence-corrected chi connectivity index (χ0v) is 38.6. The minimum absolute atomic E-state index is 0. The number of aliphatic carboxylic acids is 2. The Balaban J connectivity index is 0.000000195. The number of carbonyl (C=O) groups is 2. The zero-order valence-electron chi connectivity index (χ0n) is 37.1. The van der Waals surface area contributed by atoms with Crippen molar-refractivity contribution in [3.63, 3.8) is 0 Å². The number of carbonyl (C=O) groups excluding carboxylic acids is 2. The molecule has 0 aromatic carbocycles. The van der Waals surface area contributed by atoms with Crippen LogP contribution < -0.4 is 10.2 Å². The molecule has 0 bridgehead atoms. The minimum Gasteiger partial charge on any atom is -0.550 e. The third-order valence-electron chi connectivity index (χ3n) is 20.6. The van der Waals surface area contributed by atoms with Crippen molar-refractivity contribution >= 4 is 35.0 Å². The number of rotatable bonds is 8. The quantitative estimate of drug-likeness (QED) is 0.195. The van der Waals surface area contributed by atoms with Crippen molar-refractivity contribution in [2.45, 2.75) is 194 Å². The fourth-order valence-corrected chi connectivity index (χ4v) is 17.4. The summed E-state index contributed by atoms with van der Waals surface area (Å²) in [5.41, 5.74) is -0.343. The van der Waals surface area contributed by atoms with E-state index in [0.717, 1.165) is 89.9 Å². The van der Waals surface area contributed by atoms with Crippen LogP contribution in [0.15, 0.2) is 0 Å². The van der Waals surface area contributed by atoms with Crippen LogP contribution in [0, 0.1) is 92.7 Å². The van der Waals surface area contributed by atoms with Crippen molar-refractivity contribution in [3.05, 3.63) is 0 Å². The Hall–Kier alpha value is -0.534. The number of hydrogen-bond acceptors (Lipinski definition) is 10. The van der Waals surface area contributed by atoms with Gasteiger partial charge in [-0.25, -0.2) is 0 Å². The van der Waals surface area contributed by atoms with Crippen LogP contribution >= 0.6 is 0 Å². The topological polar surface area (TPSA) is 202 Å². The van der Waals surface area contributed by atoms with Crippen LogP contribution in [-0.4, -0.2) is 102 Å². The van der Waals surface area contributed by atoms with E-state index in [1.807, 2.05) is 0 Å². The Morgan fingerprint density at radius 2 is 0.898 bits per heavy atom. The Kier molecular flexibility index (Phi) is 14.5. The van der Waals surface area contributed by atoms with Crippen molar-refractivity contribution < 1.29 is 50.4 Å². The molecule has 8 fully saturated rings. The molecule has 6 N–H and O–H groups in total. The Labute approximate surface area is 370 Å². The largest absolute Gasteiger partial charge is 2.00 e. The van der Waals surface area contributed by atoms with E-state index in [2.05, 4.69) is 41.5 Å². The van der Waals surface area contributed by atoms with Crippen LogP contribution in [0.3, 0.4) is 0 Å². The molecule has 0 aliphatic heterocycles. The van der Waals surface area contributed by atoms with Gasteiger partial charge in [0.15, 0.2) is 0 Å². The predicted molar refractivity (Wildman–Crippen MR) is 221 cm³/mol. The molecule has 8 aliphatic rings. The first-order valence-corrected chi connectivity index (χ1v) is 23.7. The molecule has 8 rings (SSSR count). The molecule has 0 amide bonds. The van der Waals surface area contributed by atoms with Gasteiger partial charge in [-0.2, -0.15) is 0 Å². The third-order valence-corrected chi connectivity index (χ3v) is 20.6. The maximum atomic E-state index is 11.5. The molecule has 59 heavy (non-hydrogen) atoms. The second kappa shape index (κ2) is 17.8. The molecular formula is C48H78MgO10.